The van der Waals surface area contributed by atoms with Gasteiger partial charge in [-0.3, -0.25) is 4.79 Å². The minimum atomic E-state index is -1.99. The molecule has 0 aliphatic carbocycles. The second-order valence-electron chi connectivity index (χ2n) is 3.76. The minimum absolute atomic E-state index is 0.194. The third-order valence-electron chi connectivity index (χ3n) is 2.63. The van der Waals surface area contributed by atoms with Gasteiger partial charge in [-0.2, -0.15) is 0 Å². The maximum Gasteiger partial charge on any atom is 0.492 e. The number of benzene rings is 1. The first-order valence-corrected chi connectivity index (χ1v) is 5.59. The first kappa shape index (κ1) is 9.68. The Hall–Kier alpha value is -1.33. The molecule has 1 aromatic rings. The molecule has 0 amide bonds. The van der Waals surface area contributed by atoms with E-state index in [1.165, 1.54) is 0 Å². The van der Waals surface area contributed by atoms with Crippen LogP contribution in [0.1, 0.15) is 27.2 Å². The maximum atomic E-state index is 11.3. The van der Waals surface area contributed by atoms with E-state index in [9.17, 15) is 9.82 Å². The van der Waals surface area contributed by atoms with Gasteiger partial charge in [-0.15, -0.1) is 0 Å². The lowest BCUT2D eigenvalue weighted by Gasteiger charge is -2.07. The summed E-state index contributed by atoms with van der Waals surface area (Å²) < 4.78 is 25.1. The highest BCUT2D eigenvalue weighted by Crippen LogP contribution is 2.14. The maximum absolute atomic E-state index is 11.3. The number of hydrogen-bond donors (Lipinski definition) is 1. The topological polar surface area (TPSA) is 55.8 Å². The molecule has 0 bridgehead atoms. The van der Waals surface area contributed by atoms with Gasteiger partial charge in [-0.1, -0.05) is 18.2 Å². The van der Waals surface area contributed by atoms with Gasteiger partial charge in [0.2, 0.25) is 0 Å². The van der Waals surface area contributed by atoms with Crippen LogP contribution in [-0.2, 0) is 27.2 Å². The van der Waals surface area contributed by atoms with Gasteiger partial charge < -0.3 is 14.4 Å². The standard InChI is InChI=1S/C12H15BO4/c1-2-16-11(14)7-6-9-4-3-5-10-8-17-13(15)12(9)10/h3-5,15H,2,6-8H2,1H3/i8D2,11+1. The van der Waals surface area contributed by atoms with E-state index in [0.717, 1.165) is 0 Å². The van der Waals surface area contributed by atoms with Crippen molar-refractivity contribution in [3.8, 4) is 0 Å². The van der Waals surface area contributed by atoms with Gasteiger partial charge in [0.25, 0.3) is 0 Å². The molecule has 0 saturated heterocycles. The SMILES string of the molecule is [2H]C1([2H])OB(O)c2c(CC[13C](=O)OCC)cccc21. The molecule has 0 saturated carbocycles. The monoisotopic (exact) mass is 237 g/mol. The molecule has 1 heterocycles. The molecule has 0 fully saturated rings. The Labute approximate surface area is 104 Å². The van der Waals surface area contributed by atoms with Crippen LogP contribution in [0.3, 0.4) is 0 Å². The van der Waals surface area contributed by atoms with E-state index < -0.39 is 13.7 Å². The second kappa shape index (κ2) is 5.34. The van der Waals surface area contributed by atoms with Crippen molar-refractivity contribution in [2.24, 2.45) is 0 Å². The summed E-state index contributed by atoms with van der Waals surface area (Å²) in [6, 6.07) is 5.03. The third kappa shape index (κ3) is 2.68. The van der Waals surface area contributed by atoms with Crippen molar-refractivity contribution in [1.29, 1.82) is 0 Å². The average Bonchev–Trinajstić information content (AvgIpc) is 2.58. The van der Waals surface area contributed by atoms with Gasteiger partial charge in [-0.05, 0) is 29.9 Å². The summed E-state index contributed by atoms with van der Waals surface area (Å²) in [6.07, 6.45) is 0.582. The van der Waals surface area contributed by atoms with Crippen LogP contribution in [-0.4, -0.2) is 24.7 Å². The number of rotatable bonds is 4. The molecular formula is C12H15BO4. The fourth-order valence-electron chi connectivity index (χ4n) is 1.86. The Bertz CT molecular complexity index is 493. The van der Waals surface area contributed by atoms with Crippen molar-refractivity contribution in [1.82, 2.24) is 0 Å². The molecule has 0 radical (unpaired) electrons. The number of hydrogen-bond acceptors (Lipinski definition) is 4. The van der Waals surface area contributed by atoms with Gasteiger partial charge in [-0.25, -0.2) is 0 Å². The van der Waals surface area contributed by atoms with E-state index in [2.05, 4.69) is 0 Å². The summed E-state index contributed by atoms with van der Waals surface area (Å²) in [5, 5.41) is 9.79. The van der Waals surface area contributed by atoms with E-state index in [4.69, 9.17) is 12.1 Å². The minimum Gasteiger partial charge on any atom is -0.466 e. The van der Waals surface area contributed by atoms with Crippen LogP contribution in [0.4, 0.5) is 0 Å². The van der Waals surface area contributed by atoms with E-state index in [1.54, 1.807) is 25.1 Å². The molecule has 5 heteroatoms. The summed E-state index contributed by atoms with van der Waals surface area (Å²) in [5.74, 6) is -0.309. The lowest BCUT2D eigenvalue weighted by Crippen LogP contribution is -2.31. The summed E-state index contributed by atoms with van der Waals surface area (Å²) >= 11 is 0. The first-order valence-electron chi connectivity index (χ1n) is 6.59. The molecule has 90 valence electrons. The Morgan fingerprint density at radius 1 is 1.71 bits per heavy atom. The highest BCUT2D eigenvalue weighted by molar-refractivity contribution is 6.62. The molecule has 1 aromatic carbocycles. The molecule has 0 spiro atoms. The van der Waals surface area contributed by atoms with Gasteiger partial charge in [0.1, 0.15) is 0 Å². The van der Waals surface area contributed by atoms with Gasteiger partial charge in [0, 0.05) is 6.42 Å². The van der Waals surface area contributed by atoms with E-state index in [1.807, 2.05) is 0 Å². The van der Waals surface area contributed by atoms with Crippen molar-refractivity contribution in [3.63, 3.8) is 0 Å². The van der Waals surface area contributed by atoms with Crippen LogP contribution in [0.5, 0.6) is 0 Å². The van der Waals surface area contributed by atoms with Crippen molar-refractivity contribution < 1.29 is 22.0 Å². The molecule has 2 rings (SSSR count). The lowest BCUT2D eigenvalue weighted by molar-refractivity contribution is -0.143. The molecular weight excluding hydrogens is 220 g/mol. The van der Waals surface area contributed by atoms with Crippen LogP contribution in [0.2, 0.25) is 0 Å². The van der Waals surface area contributed by atoms with Crippen LogP contribution in [0.15, 0.2) is 18.2 Å². The van der Waals surface area contributed by atoms with Crippen molar-refractivity contribution in [2.45, 2.75) is 26.3 Å². The highest BCUT2D eigenvalue weighted by Gasteiger charge is 2.29. The number of carbonyl (C=O) groups is 1. The molecule has 0 atom stereocenters. The third-order valence-corrected chi connectivity index (χ3v) is 2.63. The second-order valence-corrected chi connectivity index (χ2v) is 3.76. The van der Waals surface area contributed by atoms with Gasteiger partial charge >= 0.3 is 13.1 Å². The van der Waals surface area contributed by atoms with Crippen LogP contribution < -0.4 is 5.46 Å². The summed E-state index contributed by atoms with van der Waals surface area (Å²) in [5.41, 5.74) is 1.46. The summed E-state index contributed by atoms with van der Waals surface area (Å²) in [6.45, 7) is 0.0823. The van der Waals surface area contributed by atoms with E-state index >= 15 is 0 Å². The number of esters is 1. The molecule has 0 aromatic heterocycles. The zero-order valence-electron chi connectivity index (χ0n) is 11.6. The number of fused-ring (bicyclic) bond motifs is 1. The Balaban J connectivity index is 2.20. The van der Waals surface area contributed by atoms with E-state index in [-0.39, 0.29) is 12.4 Å². The lowest BCUT2D eigenvalue weighted by atomic mass is 9.75. The number of aryl methyl sites for hydroxylation is 1. The predicted octanol–water partition coefficient (Wildman–Crippen LogP) is 0.400. The summed E-state index contributed by atoms with van der Waals surface area (Å²) in [7, 11) is -1.29. The molecule has 0 unspecified atom stereocenters. The molecule has 4 nitrogen and oxygen atoms in total. The quantitative estimate of drug-likeness (QED) is 0.468. The fourth-order valence-corrected chi connectivity index (χ4v) is 1.86. The molecule has 17 heavy (non-hydrogen) atoms. The van der Waals surface area contributed by atoms with Crippen molar-refractivity contribution in [3.05, 3.63) is 29.3 Å². The zero-order chi connectivity index (χ0) is 14.0. The average molecular weight is 237 g/mol. The summed E-state index contributed by atoms with van der Waals surface area (Å²) in [4.78, 5) is 11.3. The Morgan fingerprint density at radius 2 is 2.53 bits per heavy atom. The normalized spacial score (nSPS) is 18.4. The Kier molecular flexibility index (Phi) is 3.04. The van der Waals surface area contributed by atoms with E-state index in [0.29, 0.717) is 29.6 Å². The molecule has 1 aliphatic rings. The first-order chi connectivity index (χ1) is 8.95. The number of carbonyl (C=O) groups excluding carboxylic acids is 1. The largest absolute Gasteiger partial charge is 0.492 e. The van der Waals surface area contributed by atoms with Crippen molar-refractivity contribution >= 4 is 18.6 Å². The Morgan fingerprint density at radius 3 is 3.29 bits per heavy atom. The van der Waals surface area contributed by atoms with Crippen molar-refractivity contribution in [2.75, 3.05) is 6.61 Å². The number of ether oxygens (including phenoxy) is 1. The zero-order valence-corrected chi connectivity index (χ0v) is 9.60. The fraction of sp³-hybridized carbons (Fsp3) is 0.417. The van der Waals surface area contributed by atoms with Crippen LogP contribution in [0.25, 0.3) is 0 Å². The molecule has 1 aliphatic heterocycles. The van der Waals surface area contributed by atoms with Gasteiger partial charge in [0.05, 0.1) is 15.9 Å². The van der Waals surface area contributed by atoms with Crippen LogP contribution in [0, 0.1) is 0 Å². The smallest absolute Gasteiger partial charge is 0.466 e. The highest BCUT2D eigenvalue weighted by atomic mass is 16.6. The predicted molar refractivity (Wildman–Crippen MR) is 63.8 cm³/mol. The van der Waals surface area contributed by atoms with Gasteiger partial charge in [0.15, 0.2) is 0 Å². The molecule has 1 N–H and O–H groups in total. The van der Waals surface area contributed by atoms with Crippen LogP contribution >= 0.6 is 0 Å².